The van der Waals surface area contributed by atoms with E-state index >= 15 is 0 Å². The number of benzene rings is 2. The summed E-state index contributed by atoms with van der Waals surface area (Å²) < 4.78 is 5.41. The molecule has 7 nitrogen and oxygen atoms in total. The molecule has 0 aliphatic carbocycles. The lowest BCUT2D eigenvalue weighted by atomic mass is 9.95. The molecule has 1 aromatic heterocycles. The van der Waals surface area contributed by atoms with Crippen molar-refractivity contribution >= 4 is 23.2 Å². The number of hydrogen-bond acceptors (Lipinski definition) is 6. The topological polar surface area (TPSA) is 84.4 Å². The molecule has 0 saturated carbocycles. The molecule has 0 radical (unpaired) electrons. The quantitative estimate of drug-likeness (QED) is 0.590. The van der Waals surface area contributed by atoms with Crippen LogP contribution < -0.4 is 15.0 Å². The molecule has 1 saturated heterocycles. The summed E-state index contributed by atoms with van der Waals surface area (Å²) in [6.07, 6.45) is 1.49. The predicted octanol–water partition coefficient (Wildman–Crippen LogP) is 4.21. The average Bonchev–Trinajstić information content (AvgIpc) is 2.84. The van der Waals surface area contributed by atoms with Gasteiger partial charge in [0, 0.05) is 35.8 Å². The first kappa shape index (κ1) is 21.5. The molecule has 32 heavy (non-hydrogen) atoms. The van der Waals surface area contributed by atoms with Gasteiger partial charge in [-0.1, -0.05) is 12.1 Å². The molecule has 0 spiro atoms. The summed E-state index contributed by atoms with van der Waals surface area (Å²) in [4.78, 5) is 26.2. The van der Waals surface area contributed by atoms with Crippen LogP contribution in [0.15, 0.2) is 60.7 Å². The minimum Gasteiger partial charge on any atom is -0.496 e. The predicted molar refractivity (Wildman–Crippen MR) is 124 cm³/mol. The fraction of sp³-hybridized carbons (Fsp3) is 0.280. The van der Waals surface area contributed by atoms with Gasteiger partial charge in [0.25, 0.3) is 0 Å². The second-order valence-corrected chi connectivity index (χ2v) is 7.86. The van der Waals surface area contributed by atoms with Crippen LogP contribution in [0.5, 0.6) is 5.75 Å². The fourth-order valence-corrected chi connectivity index (χ4v) is 3.90. The molecule has 164 valence electrons. The van der Waals surface area contributed by atoms with Gasteiger partial charge in [0.05, 0.1) is 12.8 Å². The lowest BCUT2D eigenvalue weighted by Crippen LogP contribution is -2.38. The number of Topliss-reactive ketones (excluding diaryl/α,β-unsaturated/α-hetero) is 1. The Morgan fingerprint density at radius 1 is 0.969 bits per heavy atom. The molecular formula is C25H26N4O3. The van der Waals surface area contributed by atoms with Crippen molar-refractivity contribution in [1.82, 2.24) is 10.2 Å². The highest BCUT2D eigenvalue weighted by Gasteiger charge is 2.26. The summed E-state index contributed by atoms with van der Waals surface area (Å²) in [5.41, 5.74) is 3.01. The first-order valence-corrected chi connectivity index (χ1v) is 10.7. The van der Waals surface area contributed by atoms with Crippen molar-refractivity contribution in [3.63, 3.8) is 0 Å². The van der Waals surface area contributed by atoms with Gasteiger partial charge >= 0.3 is 0 Å². The fourth-order valence-electron chi connectivity index (χ4n) is 3.90. The van der Waals surface area contributed by atoms with Gasteiger partial charge in [0.1, 0.15) is 5.75 Å². The SMILES string of the molecule is COc1ccccc1-c1ccc(N2CCC(C(=O)Nc3ccc(C(C)=O)cc3)CC2)nn1. The Kier molecular flexibility index (Phi) is 6.44. The molecule has 0 unspecified atom stereocenters. The van der Waals surface area contributed by atoms with Crippen molar-refractivity contribution < 1.29 is 14.3 Å². The Hall–Kier alpha value is -3.74. The molecular weight excluding hydrogens is 404 g/mol. The maximum Gasteiger partial charge on any atom is 0.227 e. The summed E-state index contributed by atoms with van der Waals surface area (Å²) >= 11 is 0. The number of ether oxygens (including phenoxy) is 1. The van der Waals surface area contributed by atoms with Gasteiger partial charge < -0.3 is 15.0 Å². The number of carbonyl (C=O) groups excluding carboxylic acids is 2. The normalized spacial score (nSPS) is 14.1. The van der Waals surface area contributed by atoms with Gasteiger partial charge in [-0.25, -0.2) is 0 Å². The number of anilines is 2. The van der Waals surface area contributed by atoms with Crippen LogP contribution in [-0.2, 0) is 4.79 Å². The second-order valence-electron chi connectivity index (χ2n) is 7.86. The minimum absolute atomic E-state index is 0.00860. The molecule has 1 aliphatic rings. The number of nitrogens with one attached hydrogen (secondary N) is 1. The van der Waals surface area contributed by atoms with E-state index in [1.165, 1.54) is 6.92 Å². The zero-order valence-electron chi connectivity index (χ0n) is 18.2. The Morgan fingerprint density at radius 3 is 2.31 bits per heavy atom. The molecule has 1 amide bonds. The second kappa shape index (κ2) is 9.60. The van der Waals surface area contributed by atoms with E-state index in [-0.39, 0.29) is 17.6 Å². The van der Waals surface area contributed by atoms with Gasteiger partial charge in [-0.05, 0) is 68.3 Å². The van der Waals surface area contributed by atoms with Crippen LogP contribution in [0.1, 0.15) is 30.1 Å². The van der Waals surface area contributed by atoms with Crippen molar-refractivity contribution in [3.05, 3.63) is 66.2 Å². The van der Waals surface area contributed by atoms with Gasteiger partial charge in [-0.3, -0.25) is 9.59 Å². The monoisotopic (exact) mass is 430 g/mol. The third-order valence-electron chi connectivity index (χ3n) is 5.78. The molecule has 0 atom stereocenters. The number of methoxy groups -OCH3 is 1. The molecule has 3 aromatic rings. The number of amides is 1. The van der Waals surface area contributed by atoms with Crippen LogP contribution >= 0.6 is 0 Å². The zero-order valence-corrected chi connectivity index (χ0v) is 18.2. The van der Waals surface area contributed by atoms with Crippen LogP contribution in [0, 0.1) is 5.92 Å². The summed E-state index contributed by atoms with van der Waals surface area (Å²) in [6, 6.07) is 18.6. The summed E-state index contributed by atoms with van der Waals surface area (Å²) in [5, 5.41) is 11.8. The first-order chi connectivity index (χ1) is 15.5. The highest BCUT2D eigenvalue weighted by atomic mass is 16.5. The van der Waals surface area contributed by atoms with E-state index in [0.29, 0.717) is 11.3 Å². The summed E-state index contributed by atoms with van der Waals surface area (Å²) in [6.45, 7) is 3.01. The number of hydrogen-bond donors (Lipinski definition) is 1. The van der Waals surface area contributed by atoms with E-state index in [9.17, 15) is 9.59 Å². The largest absolute Gasteiger partial charge is 0.496 e. The molecule has 0 bridgehead atoms. The number of nitrogens with zero attached hydrogens (tertiary/aromatic N) is 3. The third-order valence-corrected chi connectivity index (χ3v) is 5.78. The van der Waals surface area contributed by atoms with Gasteiger partial charge in [-0.2, -0.15) is 0 Å². The molecule has 1 fully saturated rings. The van der Waals surface area contributed by atoms with Crippen molar-refractivity contribution in [1.29, 1.82) is 0 Å². The van der Waals surface area contributed by atoms with E-state index in [1.807, 2.05) is 36.4 Å². The van der Waals surface area contributed by atoms with Gasteiger partial charge in [0.2, 0.25) is 5.91 Å². The Balaban J connectivity index is 1.34. The van der Waals surface area contributed by atoms with E-state index < -0.39 is 0 Å². The first-order valence-electron chi connectivity index (χ1n) is 10.7. The maximum absolute atomic E-state index is 12.7. The molecule has 2 aromatic carbocycles. The van der Waals surface area contributed by atoms with E-state index in [0.717, 1.165) is 48.8 Å². The standard InChI is InChI=1S/C25H26N4O3/c1-17(30)18-7-9-20(10-8-18)26-25(31)19-13-15-29(16-14-19)24-12-11-22(27-28-24)21-5-3-4-6-23(21)32-2/h3-12,19H,13-16H2,1-2H3,(H,26,31). The average molecular weight is 431 g/mol. The van der Waals surface area contributed by atoms with E-state index in [2.05, 4.69) is 20.4 Å². The molecule has 7 heteroatoms. The van der Waals surface area contributed by atoms with Crippen molar-refractivity contribution in [3.8, 4) is 17.0 Å². The van der Waals surface area contributed by atoms with Crippen molar-refractivity contribution in [2.45, 2.75) is 19.8 Å². The van der Waals surface area contributed by atoms with Crippen LogP contribution in [0.4, 0.5) is 11.5 Å². The highest BCUT2D eigenvalue weighted by Crippen LogP contribution is 2.29. The number of ketones is 1. The van der Waals surface area contributed by atoms with Gasteiger partial charge in [-0.15, -0.1) is 10.2 Å². The molecule has 1 N–H and O–H groups in total. The molecule has 4 rings (SSSR count). The zero-order chi connectivity index (χ0) is 22.5. The lowest BCUT2D eigenvalue weighted by molar-refractivity contribution is -0.120. The van der Waals surface area contributed by atoms with Crippen molar-refractivity contribution in [2.75, 3.05) is 30.4 Å². The molecule has 1 aliphatic heterocycles. The summed E-state index contributed by atoms with van der Waals surface area (Å²) in [7, 11) is 1.64. The number of aromatic nitrogens is 2. The highest BCUT2D eigenvalue weighted by molar-refractivity contribution is 5.96. The third kappa shape index (κ3) is 4.77. The lowest BCUT2D eigenvalue weighted by Gasteiger charge is -2.31. The summed E-state index contributed by atoms with van der Waals surface area (Å²) in [5.74, 6) is 1.53. The Morgan fingerprint density at radius 2 is 1.69 bits per heavy atom. The number of carbonyl (C=O) groups is 2. The maximum atomic E-state index is 12.7. The Labute approximate surface area is 187 Å². The van der Waals surface area contributed by atoms with Crippen LogP contribution in [0.3, 0.4) is 0 Å². The smallest absolute Gasteiger partial charge is 0.227 e. The Bertz CT molecular complexity index is 1090. The van der Waals surface area contributed by atoms with Gasteiger partial charge in [0.15, 0.2) is 11.6 Å². The molecule has 2 heterocycles. The number of piperidine rings is 1. The van der Waals surface area contributed by atoms with Crippen LogP contribution in [0.25, 0.3) is 11.3 Å². The van der Waals surface area contributed by atoms with E-state index in [1.54, 1.807) is 31.4 Å². The minimum atomic E-state index is -0.0560. The number of rotatable bonds is 6. The van der Waals surface area contributed by atoms with Crippen molar-refractivity contribution in [2.24, 2.45) is 5.92 Å². The van der Waals surface area contributed by atoms with E-state index in [4.69, 9.17) is 4.74 Å². The van der Waals surface area contributed by atoms with Crippen LogP contribution in [0.2, 0.25) is 0 Å². The number of para-hydroxylation sites is 1. The van der Waals surface area contributed by atoms with Crippen LogP contribution in [-0.4, -0.2) is 42.1 Å².